The lowest BCUT2D eigenvalue weighted by atomic mass is 10.0. The lowest BCUT2D eigenvalue weighted by Gasteiger charge is -2.24. The summed E-state index contributed by atoms with van der Waals surface area (Å²) in [5, 5.41) is 0. The van der Waals surface area contributed by atoms with Gasteiger partial charge in [0.2, 0.25) is 0 Å². The third-order valence-corrected chi connectivity index (χ3v) is 11.5. The van der Waals surface area contributed by atoms with Gasteiger partial charge >= 0.3 is 19.8 Å². The number of unbranched alkanes of at least 4 members (excludes halogenated alkanes) is 28. The first-order valence-electron chi connectivity index (χ1n) is 23.9. The smallest absolute Gasteiger partial charge is 0.462 e. The number of phosphoric acid groups is 1. The van der Waals surface area contributed by atoms with Crippen molar-refractivity contribution in [1.29, 1.82) is 0 Å². The first kappa shape index (κ1) is 55.8. The van der Waals surface area contributed by atoms with Gasteiger partial charge < -0.3 is 18.9 Å². The quantitative estimate of drug-likeness (QED) is 0.0213. The van der Waals surface area contributed by atoms with Crippen molar-refractivity contribution in [2.75, 3.05) is 47.5 Å². The molecule has 0 heterocycles. The number of allylic oxidation sites excluding steroid dienone is 2. The minimum absolute atomic E-state index is 0.0328. The van der Waals surface area contributed by atoms with Crippen LogP contribution in [0.5, 0.6) is 0 Å². The molecule has 0 fully saturated rings. The molecule has 9 nitrogen and oxygen atoms in total. The van der Waals surface area contributed by atoms with Crippen LogP contribution in [0, 0.1) is 0 Å². The van der Waals surface area contributed by atoms with Gasteiger partial charge in [-0.3, -0.25) is 18.6 Å². The third-order valence-electron chi connectivity index (χ3n) is 10.5. The van der Waals surface area contributed by atoms with Crippen molar-refractivity contribution < 1.29 is 42.1 Å². The van der Waals surface area contributed by atoms with Gasteiger partial charge in [-0.25, -0.2) is 4.57 Å². The summed E-state index contributed by atoms with van der Waals surface area (Å²) in [6.07, 6.45) is 42.6. The fourth-order valence-corrected chi connectivity index (χ4v) is 7.52. The number of quaternary nitrogens is 1. The highest BCUT2D eigenvalue weighted by atomic mass is 31.2. The second-order valence-electron chi connectivity index (χ2n) is 17.5. The van der Waals surface area contributed by atoms with Crippen LogP contribution in [0.2, 0.25) is 0 Å². The van der Waals surface area contributed by atoms with Gasteiger partial charge in [-0.05, 0) is 38.5 Å². The van der Waals surface area contributed by atoms with Crippen molar-refractivity contribution in [3.05, 3.63) is 12.2 Å². The zero-order valence-electron chi connectivity index (χ0n) is 38.1. The molecule has 0 amide bonds. The number of hydrogen-bond acceptors (Lipinski definition) is 7. The molecule has 0 aliphatic heterocycles. The van der Waals surface area contributed by atoms with Crippen molar-refractivity contribution in [3.63, 3.8) is 0 Å². The normalized spacial score (nSPS) is 13.6. The van der Waals surface area contributed by atoms with Gasteiger partial charge in [0.1, 0.15) is 19.8 Å². The van der Waals surface area contributed by atoms with E-state index >= 15 is 0 Å². The Balaban J connectivity index is 4.25. The summed E-state index contributed by atoms with van der Waals surface area (Å²) >= 11 is 0. The summed E-state index contributed by atoms with van der Waals surface area (Å²) in [7, 11) is 1.48. The summed E-state index contributed by atoms with van der Waals surface area (Å²) in [6, 6.07) is 0. The van der Waals surface area contributed by atoms with Crippen LogP contribution >= 0.6 is 7.82 Å². The van der Waals surface area contributed by atoms with Gasteiger partial charge in [0.25, 0.3) is 0 Å². The van der Waals surface area contributed by atoms with Gasteiger partial charge in [0.15, 0.2) is 6.10 Å². The standard InChI is InChI=1S/C47H92NO8P/c1-6-8-10-12-14-16-18-20-21-22-23-24-25-26-28-30-32-34-36-38-40-47(50)56-45(44-55-57(51,52)54-42-41-48(3,4)5)43-53-46(49)39-37-35-33-31-29-27-19-17-15-13-11-9-7-2/h27,29,45H,6-26,28,30-44H2,1-5H3/p+1/b29-27+/t45-/m1/s1. The van der Waals surface area contributed by atoms with Gasteiger partial charge in [-0.2, -0.15) is 0 Å². The summed E-state index contributed by atoms with van der Waals surface area (Å²) in [5.41, 5.74) is 0. The molecule has 1 N–H and O–H groups in total. The third kappa shape index (κ3) is 44.1. The molecule has 338 valence electrons. The number of phosphoric ester groups is 1. The van der Waals surface area contributed by atoms with Crippen molar-refractivity contribution in [1.82, 2.24) is 0 Å². The number of nitrogens with zero attached hydrogens (tertiary/aromatic N) is 1. The molecular weight excluding hydrogens is 737 g/mol. The number of esters is 2. The van der Waals surface area contributed by atoms with Gasteiger partial charge in [-0.1, -0.05) is 187 Å². The summed E-state index contributed by atoms with van der Waals surface area (Å²) in [5.74, 6) is -0.805. The summed E-state index contributed by atoms with van der Waals surface area (Å²) < 4.78 is 34.3. The predicted octanol–water partition coefficient (Wildman–Crippen LogP) is 13.8. The molecule has 0 aromatic carbocycles. The molecule has 0 rings (SSSR count). The number of carbonyl (C=O) groups is 2. The highest BCUT2D eigenvalue weighted by Crippen LogP contribution is 2.43. The summed E-state index contributed by atoms with van der Waals surface area (Å²) in [6.45, 7) is 4.43. The van der Waals surface area contributed by atoms with Crippen molar-refractivity contribution in [2.24, 2.45) is 0 Å². The Labute approximate surface area is 352 Å². The molecule has 0 spiro atoms. The molecule has 2 atom stereocenters. The van der Waals surface area contributed by atoms with Crippen molar-refractivity contribution in [3.8, 4) is 0 Å². The molecule has 10 heteroatoms. The van der Waals surface area contributed by atoms with Crippen LogP contribution in [-0.2, 0) is 32.7 Å². The molecule has 57 heavy (non-hydrogen) atoms. The fraction of sp³-hybridized carbons (Fsp3) is 0.915. The minimum Gasteiger partial charge on any atom is -0.462 e. The number of ether oxygens (including phenoxy) is 2. The molecule has 0 saturated carbocycles. The predicted molar refractivity (Wildman–Crippen MR) is 238 cm³/mol. The maximum atomic E-state index is 12.7. The van der Waals surface area contributed by atoms with Crippen LogP contribution < -0.4 is 0 Å². The van der Waals surface area contributed by atoms with E-state index in [-0.39, 0.29) is 32.0 Å². The van der Waals surface area contributed by atoms with E-state index < -0.39 is 26.5 Å². The number of rotatable bonds is 44. The largest absolute Gasteiger partial charge is 0.472 e. The first-order chi connectivity index (χ1) is 27.5. The minimum atomic E-state index is -4.37. The molecule has 0 aromatic rings. The SMILES string of the molecule is CCCCCCCC/C=C/CCCCCC(=O)OC[C@H](COP(=O)(O)OCC[N+](C)(C)C)OC(=O)CCCCCCCCCCCCCCCCCCCCCC. The number of likely N-dealkylation sites (N-methyl/N-ethyl adjacent to an activating group) is 1. The Morgan fingerprint density at radius 2 is 0.895 bits per heavy atom. The monoisotopic (exact) mass is 831 g/mol. The molecule has 0 bridgehead atoms. The van der Waals surface area contributed by atoms with E-state index in [0.717, 1.165) is 44.9 Å². The van der Waals surface area contributed by atoms with Crippen LogP contribution in [-0.4, -0.2) is 74.9 Å². The van der Waals surface area contributed by atoms with E-state index in [1.807, 2.05) is 21.1 Å². The Bertz CT molecular complexity index is 985. The fourth-order valence-electron chi connectivity index (χ4n) is 6.77. The Hall–Kier alpha value is -1.25. The Kier molecular flexibility index (Phi) is 39.3. The second kappa shape index (κ2) is 40.2. The van der Waals surface area contributed by atoms with E-state index in [0.29, 0.717) is 17.4 Å². The van der Waals surface area contributed by atoms with E-state index in [4.69, 9.17) is 18.5 Å². The van der Waals surface area contributed by atoms with Crippen LogP contribution in [0.25, 0.3) is 0 Å². The van der Waals surface area contributed by atoms with E-state index in [1.54, 1.807) is 0 Å². The molecule has 1 unspecified atom stereocenters. The molecule has 0 saturated heterocycles. The topological polar surface area (TPSA) is 108 Å². The zero-order valence-corrected chi connectivity index (χ0v) is 39.0. The van der Waals surface area contributed by atoms with Gasteiger partial charge in [0, 0.05) is 12.8 Å². The number of hydrogen-bond donors (Lipinski definition) is 1. The average Bonchev–Trinajstić information content (AvgIpc) is 3.16. The summed E-state index contributed by atoms with van der Waals surface area (Å²) in [4.78, 5) is 35.4. The lowest BCUT2D eigenvalue weighted by molar-refractivity contribution is -0.870. The maximum Gasteiger partial charge on any atom is 0.472 e. The molecule has 0 radical (unpaired) electrons. The van der Waals surface area contributed by atoms with Crippen LogP contribution in [0.15, 0.2) is 12.2 Å². The van der Waals surface area contributed by atoms with Gasteiger partial charge in [-0.15, -0.1) is 0 Å². The highest BCUT2D eigenvalue weighted by molar-refractivity contribution is 7.47. The van der Waals surface area contributed by atoms with Crippen LogP contribution in [0.3, 0.4) is 0 Å². The molecule has 0 aliphatic carbocycles. The van der Waals surface area contributed by atoms with Crippen molar-refractivity contribution >= 4 is 19.8 Å². The van der Waals surface area contributed by atoms with E-state index in [1.165, 1.54) is 148 Å². The highest BCUT2D eigenvalue weighted by Gasteiger charge is 2.27. The van der Waals surface area contributed by atoms with E-state index in [9.17, 15) is 19.0 Å². The Morgan fingerprint density at radius 1 is 0.526 bits per heavy atom. The van der Waals surface area contributed by atoms with Crippen molar-refractivity contribution in [2.45, 2.75) is 232 Å². The lowest BCUT2D eigenvalue weighted by Crippen LogP contribution is -2.37. The van der Waals surface area contributed by atoms with Crippen LogP contribution in [0.4, 0.5) is 0 Å². The van der Waals surface area contributed by atoms with Gasteiger partial charge in [0.05, 0.1) is 27.7 Å². The number of carbonyl (C=O) groups excluding carboxylic acids is 2. The zero-order chi connectivity index (χ0) is 42.1. The van der Waals surface area contributed by atoms with E-state index in [2.05, 4.69) is 26.0 Å². The second-order valence-corrected chi connectivity index (χ2v) is 19.0. The first-order valence-corrected chi connectivity index (χ1v) is 25.4. The molecular formula is C47H93NO8P+. The van der Waals surface area contributed by atoms with Crippen LogP contribution in [0.1, 0.15) is 226 Å². The Morgan fingerprint density at radius 3 is 1.32 bits per heavy atom. The average molecular weight is 831 g/mol. The molecule has 0 aliphatic rings. The molecule has 0 aromatic heterocycles. The maximum absolute atomic E-state index is 12.7.